The van der Waals surface area contributed by atoms with E-state index in [0.717, 1.165) is 42.5 Å². The number of guanidine groups is 1. The first-order valence-electron chi connectivity index (χ1n) is 9.56. The molecule has 0 saturated carbocycles. The molecule has 0 aromatic heterocycles. The molecular formula is C22H33IN4O2. The number of rotatable bonds is 10. The first kappa shape index (κ1) is 25.0. The third-order valence-corrected chi connectivity index (χ3v) is 4.32. The van der Waals surface area contributed by atoms with Crippen molar-refractivity contribution in [1.82, 2.24) is 15.5 Å². The molecular weight excluding hydrogens is 479 g/mol. The van der Waals surface area contributed by atoms with E-state index in [9.17, 15) is 0 Å². The van der Waals surface area contributed by atoms with Gasteiger partial charge < -0.3 is 25.0 Å². The van der Waals surface area contributed by atoms with Crippen molar-refractivity contribution in [2.45, 2.75) is 13.0 Å². The van der Waals surface area contributed by atoms with Crippen LogP contribution < -0.4 is 20.1 Å². The molecule has 7 heteroatoms. The maximum atomic E-state index is 5.92. The van der Waals surface area contributed by atoms with E-state index in [2.05, 4.69) is 32.7 Å². The molecule has 160 valence electrons. The maximum Gasteiger partial charge on any atom is 0.191 e. The normalized spacial score (nSPS) is 11.0. The Labute approximate surface area is 191 Å². The van der Waals surface area contributed by atoms with Gasteiger partial charge in [0, 0.05) is 32.2 Å². The number of ether oxygens (including phenoxy) is 2. The van der Waals surface area contributed by atoms with E-state index >= 15 is 0 Å². The van der Waals surface area contributed by atoms with Crippen LogP contribution in [0.15, 0.2) is 53.5 Å². The fourth-order valence-corrected chi connectivity index (χ4v) is 2.75. The molecule has 2 aromatic rings. The van der Waals surface area contributed by atoms with Gasteiger partial charge in [-0.1, -0.05) is 36.4 Å². The second kappa shape index (κ2) is 14.1. The predicted molar refractivity (Wildman–Crippen MR) is 131 cm³/mol. The van der Waals surface area contributed by atoms with Crippen molar-refractivity contribution in [3.05, 3.63) is 59.7 Å². The van der Waals surface area contributed by atoms with Crippen molar-refractivity contribution < 1.29 is 9.47 Å². The highest BCUT2D eigenvalue weighted by Gasteiger charge is 2.06. The quantitative estimate of drug-likeness (QED) is 0.291. The van der Waals surface area contributed by atoms with Crippen molar-refractivity contribution in [2.75, 3.05) is 47.9 Å². The second-order valence-corrected chi connectivity index (χ2v) is 6.67. The van der Waals surface area contributed by atoms with E-state index < -0.39 is 0 Å². The van der Waals surface area contributed by atoms with Crippen LogP contribution in [0.5, 0.6) is 11.5 Å². The van der Waals surface area contributed by atoms with Gasteiger partial charge in [-0.15, -0.1) is 24.0 Å². The second-order valence-electron chi connectivity index (χ2n) is 6.67. The van der Waals surface area contributed by atoms with Gasteiger partial charge >= 0.3 is 0 Å². The molecule has 0 amide bonds. The van der Waals surface area contributed by atoms with Crippen LogP contribution in [0.2, 0.25) is 0 Å². The van der Waals surface area contributed by atoms with E-state index in [1.54, 1.807) is 14.2 Å². The number of aliphatic imine (C=N–C) groups is 1. The first-order valence-corrected chi connectivity index (χ1v) is 9.56. The van der Waals surface area contributed by atoms with E-state index in [1.165, 1.54) is 5.56 Å². The number of methoxy groups -OCH3 is 1. The van der Waals surface area contributed by atoms with E-state index in [-0.39, 0.29) is 24.0 Å². The number of likely N-dealkylation sites (N-methyl/N-ethyl adjacent to an activating group) is 1. The third kappa shape index (κ3) is 8.91. The molecule has 0 atom stereocenters. The fourth-order valence-electron chi connectivity index (χ4n) is 2.75. The van der Waals surface area contributed by atoms with Crippen molar-refractivity contribution in [3.8, 4) is 11.5 Å². The molecule has 2 aromatic carbocycles. The van der Waals surface area contributed by atoms with Crippen LogP contribution in [-0.2, 0) is 13.0 Å². The summed E-state index contributed by atoms with van der Waals surface area (Å²) in [5, 5.41) is 6.71. The number of benzene rings is 2. The zero-order valence-corrected chi connectivity index (χ0v) is 20.1. The van der Waals surface area contributed by atoms with Crippen LogP contribution in [0.3, 0.4) is 0 Å². The Morgan fingerprint density at radius 2 is 1.62 bits per heavy atom. The lowest BCUT2D eigenvalue weighted by Crippen LogP contribution is -2.38. The van der Waals surface area contributed by atoms with Gasteiger partial charge in [0.25, 0.3) is 0 Å². The summed E-state index contributed by atoms with van der Waals surface area (Å²) in [4.78, 5) is 6.41. The summed E-state index contributed by atoms with van der Waals surface area (Å²) in [7, 11) is 7.55. The standard InChI is InChI=1S/C22H32N4O2.HI/c1-23-22(24-14-13-18-9-5-7-11-20(18)27-4)25-17-19-10-6-8-12-21(19)28-16-15-26(2)3;/h5-12H,13-17H2,1-4H3,(H2,23,24,25);1H. The van der Waals surface area contributed by atoms with Gasteiger partial charge in [-0.3, -0.25) is 4.99 Å². The Kier molecular flexibility index (Phi) is 12.1. The first-order chi connectivity index (χ1) is 13.6. The number of hydrogen-bond acceptors (Lipinski definition) is 4. The van der Waals surface area contributed by atoms with Crippen LogP contribution in [0.4, 0.5) is 0 Å². The van der Waals surface area contributed by atoms with Crippen molar-refractivity contribution >= 4 is 29.9 Å². The molecule has 0 spiro atoms. The van der Waals surface area contributed by atoms with E-state index in [1.807, 2.05) is 50.5 Å². The van der Waals surface area contributed by atoms with E-state index in [4.69, 9.17) is 9.47 Å². The van der Waals surface area contributed by atoms with Gasteiger partial charge in [0.15, 0.2) is 5.96 Å². The third-order valence-electron chi connectivity index (χ3n) is 4.32. The highest BCUT2D eigenvalue weighted by atomic mass is 127. The van der Waals surface area contributed by atoms with Crippen LogP contribution in [-0.4, -0.2) is 58.8 Å². The monoisotopic (exact) mass is 512 g/mol. The SMILES string of the molecule is CN=C(NCCc1ccccc1OC)NCc1ccccc1OCCN(C)C.I. The summed E-state index contributed by atoms with van der Waals surface area (Å²) in [5.74, 6) is 2.58. The zero-order valence-electron chi connectivity index (χ0n) is 17.8. The molecule has 2 rings (SSSR count). The van der Waals surface area contributed by atoms with Gasteiger partial charge in [-0.2, -0.15) is 0 Å². The van der Waals surface area contributed by atoms with Crippen LogP contribution in [0.1, 0.15) is 11.1 Å². The fraction of sp³-hybridized carbons (Fsp3) is 0.409. The van der Waals surface area contributed by atoms with Crippen LogP contribution in [0.25, 0.3) is 0 Å². The Bertz CT molecular complexity index is 753. The smallest absolute Gasteiger partial charge is 0.191 e. The van der Waals surface area contributed by atoms with Crippen molar-refractivity contribution in [2.24, 2.45) is 4.99 Å². The Morgan fingerprint density at radius 3 is 2.28 bits per heavy atom. The Balaban J connectivity index is 0.00000420. The lowest BCUT2D eigenvalue weighted by Gasteiger charge is -2.16. The lowest BCUT2D eigenvalue weighted by molar-refractivity contribution is 0.259. The zero-order chi connectivity index (χ0) is 20.2. The summed E-state index contributed by atoms with van der Waals surface area (Å²) in [6, 6.07) is 16.2. The van der Waals surface area contributed by atoms with Gasteiger partial charge in [-0.25, -0.2) is 0 Å². The van der Waals surface area contributed by atoms with Crippen molar-refractivity contribution in [1.29, 1.82) is 0 Å². The molecule has 0 bridgehead atoms. The molecule has 0 fully saturated rings. The maximum absolute atomic E-state index is 5.92. The summed E-state index contributed by atoms with van der Waals surface area (Å²) in [5.41, 5.74) is 2.28. The summed E-state index contributed by atoms with van der Waals surface area (Å²) >= 11 is 0. The highest BCUT2D eigenvalue weighted by molar-refractivity contribution is 14.0. The topological polar surface area (TPSA) is 58.1 Å². The van der Waals surface area contributed by atoms with Crippen LogP contribution in [0, 0.1) is 0 Å². The summed E-state index contributed by atoms with van der Waals surface area (Å²) in [6.07, 6.45) is 0.856. The summed E-state index contributed by atoms with van der Waals surface area (Å²) < 4.78 is 11.3. The largest absolute Gasteiger partial charge is 0.496 e. The molecule has 0 aliphatic rings. The van der Waals surface area contributed by atoms with Crippen LogP contribution >= 0.6 is 24.0 Å². The van der Waals surface area contributed by atoms with Gasteiger partial charge in [0.05, 0.1) is 7.11 Å². The number of halogens is 1. The minimum atomic E-state index is 0. The average molecular weight is 512 g/mol. The molecule has 6 nitrogen and oxygen atoms in total. The number of nitrogens with one attached hydrogen (secondary N) is 2. The molecule has 29 heavy (non-hydrogen) atoms. The number of hydrogen-bond donors (Lipinski definition) is 2. The number of para-hydroxylation sites is 2. The minimum Gasteiger partial charge on any atom is -0.496 e. The van der Waals surface area contributed by atoms with E-state index in [0.29, 0.717) is 13.2 Å². The molecule has 0 radical (unpaired) electrons. The summed E-state index contributed by atoms with van der Waals surface area (Å²) in [6.45, 7) is 2.96. The molecule has 0 aliphatic heterocycles. The minimum absolute atomic E-state index is 0. The molecule has 0 aliphatic carbocycles. The highest BCUT2D eigenvalue weighted by Crippen LogP contribution is 2.18. The average Bonchev–Trinajstić information content (AvgIpc) is 2.71. The molecule has 2 N–H and O–H groups in total. The van der Waals surface area contributed by atoms with Gasteiger partial charge in [-0.05, 0) is 38.2 Å². The molecule has 0 unspecified atom stereocenters. The number of nitrogens with zero attached hydrogens (tertiary/aromatic N) is 2. The van der Waals surface area contributed by atoms with Gasteiger partial charge in [0.1, 0.15) is 18.1 Å². The molecule has 0 heterocycles. The van der Waals surface area contributed by atoms with Crippen molar-refractivity contribution in [3.63, 3.8) is 0 Å². The predicted octanol–water partition coefficient (Wildman–Crippen LogP) is 3.16. The Hall–Kier alpha value is -2.00. The van der Waals surface area contributed by atoms with Gasteiger partial charge in [0.2, 0.25) is 0 Å². The lowest BCUT2D eigenvalue weighted by atomic mass is 10.1. The Morgan fingerprint density at radius 1 is 0.966 bits per heavy atom. The molecule has 0 saturated heterocycles.